The first kappa shape index (κ1) is 16.8. The van der Waals surface area contributed by atoms with Crippen LogP contribution in [0.1, 0.15) is 18.4 Å². The zero-order valence-electron chi connectivity index (χ0n) is 13.1. The number of carbonyl (C=O) groups excluding carboxylic acids is 1. The van der Waals surface area contributed by atoms with Gasteiger partial charge < -0.3 is 4.90 Å². The van der Waals surface area contributed by atoms with Crippen LogP contribution in [0.2, 0.25) is 5.02 Å². The van der Waals surface area contributed by atoms with Gasteiger partial charge in [0.2, 0.25) is 5.91 Å². The Labute approximate surface area is 146 Å². The van der Waals surface area contributed by atoms with Crippen LogP contribution in [0.15, 0.2) is 47.4 Å². The Bertz CT molecular complexity index is 896. The minimum absolute atomic E-state index is 0.000541. The molecule has 0 aliphatic carbocycles. The van der Waals surface area contributed by atoms with Crippen LogP contribution in [0.25, 0.3) is 0 Å². The van der Waals surface area contributed by atoms with E-state index in [1.807, 2.05) is 0 Å². The van der Waals surface area contributed by atoms with E-state index in [4.69, 9.17) is 11.6 Å². The van der Waals surface area contributed by atoms with Crippen molar-refractivity contribution in [3.63, 3.8) is 0 Å². The second-order valence-corrected chi connectivity index (χ2v) is 7.77. The van der Waals surface area contributed by atoms with E-state index >= 15 is 0 Å². The number of benzene rings is 2. The van der Waals surface area contributed by atoms with Gasteiger partial charge in [0.1, 0.15) is 0 Å². The van der Waals surface area contributed by atoms with Crippen molar-refractivity contribution in [2.45, 2.75) is 24.7 Å². The van der Waals surface area contributed by atoms with Crippen LogP contribution < -0.4 is 9.62 Å². The molecule has 3 rings (SSSR count). The van der Waals surface area contributed by atoms with Gasteiger partial charge in [0.15, 0.2) is 0 Å². The van der Waals surface area contributed by atoms with E-state index in [1.54, 1.807) is 48.2 Å². The molecular weight excluding hydrogens is 348 g/mol. The number of anilines is 2. The fraction of sp³-hybridized carbons (Fsp3) is 0.235. The second kappa shape index (κ2) is 6.45. The lowest BCUT2D eigenvalue weighted by Gasteiger charge is -2.20. The highest BCUT2D eigenvalue weighted by atomic mass is 35.5. The summed E-state index contributed by atoms with van der Waals surface area (Å²) >= 11 is 5.93. The molecule has 1 aliphatic rings. The third-order valence-corrected chi connectivity index (χ3v) is 5.69. The van der Waals surface area contributed by atoms with Crippen molar-refractivity contribution in [2.75, 3.05) is 16.2 Å². The molecule has 0 unspecified atom stereocenters. The molecule has 0 radical (unpaired) electrons. The van der Waals surface area contributed by atoms with E-state index in [-0.39, 0.29) is 10.8 Å². The maximum atomic E-state index is 12.8. The quantitative estimate of drug-likeness (QED) is 0.901. The van der Waals surface area contributed by atoms with Crippen LogP contribution in [-0.2, 0) is 14.8 Å². The summed E-state index contributed by atoms with van der Waals surface area (Å²) in [4.78, 5) is 13.7. The maximum Gasteiger partial charge on any atom is 0.262 e. The highest BCUT2D eigenvalue weighted by molar-refractivity contribution is 7.92. The average Bonchev–Trinajstić information content (AvgIpc) is 2.96. The number of sulfonamides is 1. The lowest BCUT2D eigenvalue weighted by Crippen LogP contribution is -2.25. The molecule has 24 heavy (non-hydrogen) atoms. The molecule has 0 atom stereocenters. The first-order chi connectivity index (χ1) is 11.4. The number of amides is 1. The van der Waals surface area contributed by atoms with Gasteiger partial charge in [0.25, 0.3) is 10.0 Å². The topological polar surface area (TPSA) is 66.5 Å². The first-order valence-corrected chi connectivity index (χ1v) is 9.43. The fourth-order valence-corrected chi connectivity index (χ4v) is 4.34. The van der Waals surface area contributed by atoms with Crippen molar-refractivity contribution in [3.05, 3.63) is 53.1 Å². The smallest absolute Gasteiger partial charge is 0.262 e. The Hall–Kier alpha value is -2.05. The molecule has 1 amide bonds. The average molecular weight is 365 g/mol. The summed E-state index contributed by atoms with van der Waals surface area (Å²) in [7, 11) is -3.81. The van der Waals surface area contributed by atoms with Gasteiger partial charge in [0, 0.05) is 18.0 Å². The standard InChI is InChI=1S/C17H17ClN2O3S/c1-12-8-9-13(18)11-16(12)24(22,23)19-14-5-2-3-6-15(14)20-10-4-7-17(20)21/h2-3,5-6,8-9,11,19H,4,7,10H2,1H3. The van der Waals surface area contributed by atoms with Crippen molar-refractivity contribution < 1.29 is 13.2 Å². The number of aryl methyl sites for hydroxylation is 1. The summed E-state index contributed by atoms with van der Waals surface area (Å²) in [6.45, 7) is 2.30. The molecule has 126 valence electrons. The van der Waals surface area contributed by atoms with E-state index in [2.05, 4.69) is 4.72 Å². The summed E-state index contributed by atoms with van der Waals surface area (Å²) in [5, 5.41) is 0.351. The zero-order chi connectivity index (χ0) is 17.3. The Kier molecular flexibility index (Phi) is 4.51. The highest BCUT2D eigenvalue weighted by Gasteiger charge is 2.26. The number of para-hydroxylation sites is 2. The Morgan fingerprint density at radius 2 is 1.92 bits per heavy atom. The van der Waals surface area contributed by atoms with Gasteiger partial charge in [-0.1, -0.05) is 29.8 Å². The number of carbonyl (C=O) groups is 1. The minimum atomic E-state index is -3.81. The number of hydrogen-bond donors (Lipinski definition) is 1. The van der Waals surface area contributed by atoms with E-state index in [9.17, 15) is 13.2 Å². The lowest BCUT2D eigenvalue weighted by molar-refractivity contribution is -0.117. The molecule has 0 spiro atoms. The van der Waals surface area contributed by atoms with Gasteiger partial charge in [-0.15, -0.1) is 0 Å². The van der Waals surface area contributed by atoms with Crippen LogP contribution in [0.5, 0.6) is 0 Å². The van der Waals surface area contributed by atoms with Crippen LogP contribution >= 0.6 is 11.6 Å². The van der Waals surface area contributed by atoms with Gasteiger partial charge in [-0.25, -0.2) is 8.42 Å². The molecule has 0 bridgehead atoms. The summed E-state index contributed by atoms with van der Waals surface area (Å²) in [5.41, 5.74) is 1.55. The largest absolute Gasteiger partial charge is 0.310 e. The number of nitrogens with one attached hydrogen (secondary N) is 1. The normalized spacial score (nSPS) is 14.9. The van der Waals surface area contributed by atoms with E-state index < -0.39 is 10.0 Å². The third kappa shape index (κ3) is 3.25. The molecule has 1 saturated heterocycles. The van der Waals surface area contributed by atoms with Gasteiger partial charge in [-0.05, 0) is 43.2 Å². The van der Waals surface area contributed by atoms with Gasteiger partial charge >= 0.3 is 0 Å². The molecule has 5 nitrogen and oxygen atoms in total. The molecule has 7 heteroatoms. The second-order valence-electron chi connectivity index (χ2n) is 5.68. The summed E-state index contributed by atoms with van der Waals surface area (Å²) in [5.74, 6) is 0.000541. The third-order valence-electron chi connectivity index (χ3n) is 3.95. The molecule has 1 aliphatic heterocycles. The summed E-state index contributed by atoms with van der Waals surface area (Å²) in [6.07, 6.45) is 1.25. The molecule has 1 N–H and O–H groups in total. The number of halogens is 1. The van der Waals surface area contributed by atoms with E-state index in [0.29, 0.717) is 34.9 Å². The zero-order valence-corrected chi connectivity index (χ0v) is 14.7. The number of nitrogens with zero attached hydrogens (tertiary/aromatic N) is 1. The van der Waals surface area contributed by atoms with Crippen LogP contribution in [0.4, 0.5) is 11.4 Å². The van der Waals surface area contributed by atoms with Crippen LogP contribution in [-0.4, -0.2) is 20.9 Å². The molecular formula is C17H17ClN2O3S. The Morgan fingerprint density at radius 3 is 2.62 bits per heavy atom. The van der Waals surface area contributed by atoms with Crippen molar-refractivity contribution in [2.24, 2.45) is 0 Å². The SMILES string of the molecule is Cc1ccc(Cl)cc1S(=O)(=O)Nc1ccccc1N1CCCC1=O. The van der Waals surface area contributed by atoms with Crippen LogP contribution in [0, 0.1) is 6.92 Å². The van der Waals surface area contributed by atoms with Crippen molar-refractivity contribution in [3.8, 4) is 0 Å². The van der Waals surface area contributed by atoms with Crippen LogP contribution in [0.3, 0.4) is 0 Å². The molecule has 1 fully saturated rings. The monoisotopic (exact) mass is 364 g/mol. The molecule has 1 heterocycles. The first-order valence-electron chi connectivity index (χ1n) is 7.57. The summed E-state index contributed by atoms with van der Waals surface area (Å²) < 4.78 is 28.1. The number of hydrogen-bond acceptors (Lipinski definition) is 3. The predicted molar refractivity (Wildman–Crippen MR) is 95.0 cm³/mol. The molecule has 0 aromatic heterocycles. The van der Waals surface area contributed by atoms with Crippen molar-refractivity contribution in [1.29, 1.82) is 0 Å². The van der Waals surface area contributed by atoms with Gasteiger partial charge in [-0.2, -0.15) is 0 Å². The van der Waals surface area contributed by atoms with Crippen molar-refractivity contribution >= 4 is 38.9 Å². The Balaban J connectivity index is 1.99. The van der Waals surface area contributed by atoms with Crippen molar-refractivity contribution in [1.82, 2.24) is 0 Å². The summed E-state index contributed by atoms with van der Waals surface area (Å²) in [6, 6.07) is 11.6. The molecule has 2 aromatic rings. The van der Waals surface area contributed by atoms with E-state index in [1.165, 1.54) is 6.07 Å². The highest BCUT2D eigenvalue weighted by Crippen LogP contribution is 2.31. The fourth-order valence-electron chi connectivity index (χ4n) is 2.76. The minimum Gasteiger partial charge on any atom is -0.310 e. The number of rotatable bonds is 4. The lowest BCUT2D eigenvalue weighted by atomic mass is 10.2. The maximum absolute atomic E-state index is 12.8. The molecule has 0 saturated carbocycles. The van der Waals surface area contributed by atoms with E-state index in [0.717, 1.165) is 6.42 Å². The molecule has 2 aromatic carbocycles. The van der Waals surface area contributed by atoms with Gasteiger partial charge in [0.05, 0.1) is 16.3 Å². The predicted octanol–water partition coefficient (Wildman–Crippen LogP) is 3.58. The Morgan fingerprint density at radius 1 is 1.17 bits per heavy atom. The van der Waals surface area contributed by atoms with Gasteiger partial charge in [-0.3, -0.25) is 9.52 Å².